The van der Waals surface area contributed by atoms with E-state index in [1.54, 1.807) is 13.0 Å². The second kappa shape index (κ2) is 6.01. The second-order valence-electron chi connectivity index (χ2n) is 4.55. The van der Waals surface area contributed by atoms with E-state index in [-0.39, 0.29) is 17.1 Å². The van der Waals surface area contributed by atoms with Crippen LogP contribution in [0.1, 0.15) is 11.1 Å². The zero-order chi connectivity index (χ0) is 15.6. The lowest BCUT2D eigenvalue weighted by molar-refractivity contribution is 0.598. The zero-order valence-corrected chi connectivity index (χ0v) is 12.8. The molecular formula is C14H14ClFN2O2S. The molecule has 2 rings (SSSR count). The molecule has 0 unspecified atom stereocenters. The van der Waals surface area contributed by atoms with Crippen molar-refractivity contribution in [1.29, 1.82) is 0 Å². The minimum Gasteiger partial charge on any atom is -0.326 e. The molecule has 0 aliphatic heterocycles. The molecule has 0 bridgehead atoms. The van der Waals surface area contributed by atoms with Gasteiger partial charge in [-0.05, 0) is 48.4 Å². The molecule has 0 aromatic heterocycles. The van der Waals surface area contributed by atoms with Gasteiger partial charge in [0.1, 0.15) is 5.82 Å². The van der Waals surface area contributed by atoms with E-state index in [0.717, 1.165) is 0 Å². The van der Waals surface area contributed by atoms with Crippen molar-refractivity contribution < 1.29 is 12.8 Å². The summed E-state index contributed by atoms with van der Waals surface area (Å²) in [6, 6.07) is 8.41. The number of benzene rings is 2. The third kappa shape index (κ3) is 3.53. The highest BCUT2D eigenvalue weighted by Gasteiger charge is 2.17. The Balaban J connectivity index is 2.38. The second-order valence-corrected chi connectivity index (χ2v) is 6.64. The van der Waals surface area contributed by atoms with E-state index in [9.17, 15) is 12.8 Å². The predicted molar refractivity (Wildman–Crippen MR) is 81.3 cm³/mol. The molecule has 0 radical (unpaired) electrons. The molecule has 0 atom stereocenters. The van der Waals surface area contributed by atoms with Crippen molar-refractivity contribution in [3.05, 3.63) is 58.4 Å². The number of halogens is 2. The summed E-state index contributed by atoms with van der Waals surface area (Å²) in [7, 11) is -3.90. The van der Waals surface area contributed by atoms with E-state index in [0.29, 0.717) is 16.1 Å². The van der Waals surface area contributed by atoms with Crippen molar-refractivity contribution in [1.82, 2.24) is 0 Å². The van der Waals surface area contributed by atoms with Crippen molar-refractivity contribution in [2.45, 2.75) is 18.4 Å². The first-order valence-electron chi connectivity index (χ1n) is 6.11. The zero-order valence-electron chi connectivity index (χ0n) is 11.2. The first kappa shape index (κ1) is 15.8. The number of nitrogens with one attached hydrogen (secondary N) is 1. The fourth-order valence-corrected chi connectivity index (χ4v) is 3.09. The summed E-state index contributed by atoms with van der Waals surface area (Å²) in [5.74, 6) is -0.633. The summed E-state index contributed by atoms with van der Waals surface area (Å²) in [5, 5.41) is 0.387. The van der Waals surface area contributed by atoms with Crippen LogP contribution in [0.4, 0.5) is 10.1 Å². The van der Waals surface area contributed by atoms with Gasteiger partial charge in [-0.15, -0.1) is 0 Å². The molecule has 0 fully saturated rings. The average molecular weight is 329 g/mol. The minimum absolute atomic E-state index is 0.0210. The Labute approximate surface area is 127 Å². The molecule has 4 nitrogen and oxygen atoms in total. The Morgan fingerprint density at radius 2 is 1.95 bits per heavy atom. The maximum Gasteiger partial charge on any atom is 0.261 e. The average Bonchev–Trinajstić information content (AvgIpc) is 2.42. The Kier molecular flexibility index (Phi) is 4.51. The first-order chi connectivity index (χ1) is 9.83. The van der Waals surface area contributed by atoms with Crippen LogP contribution < -0.4 is 10.5 Å². The van der Waals surface area contributed by atoms with Gasteiger partial charge in [0.2, 0.25) is 0 Å². The normalized spacial score (nSPS) is 11.4. The van der Waals surface area contributed by atoms with Crippen molar-refractivity contribution in [2.75, 3.05) is 4.72 Å². The molecular weight excluding hydrogens is 315 g/mol. The smallest absolute Gasteiger partial charge is 0.261 e. The lowest BCUT2D eigenvalue weighted by Gasteiger charge is -2.11. The standard InChI is InChI=1S/C14H14ClFN2O2S/c1-9-2-5-14(13(16)6-9)18-21(19,20)11-3-4-12(15)10(7-11)8-17/h2-7,18H,8,17H2,1H3. The van der Waals surface area contributed by atoms with Crippen LogP contribution in [0.2, 0.25) is 5.02 Å². The molecule has 0 aliphatic carbocycles. The Bertz CT molecular complexity index is 779. The van der Waals surface area contributed by atoms with Gasteiger partial charge in [0.25, 0.3) is 10.0 Å². The molecule has 0 aliphatic rings. The van der Waals surface area contributed by atoms with Gasteiger partial charge in [0, 0.05) is 11.6 Å². The van der Waals surface area contributed by atoms with Gasteiger partial charge >= 0.3 is 0 Å². The summed E-state index contributed by atoms with van der Waals surface area (Å²) < 4.78 is 40.5. The highest BCUT2D eigenvalue weighted by atomic mass is 35.5. The van der Waals surface area contributed by atoms with Crippen LogP contribution in [0, 0.1) is 12.7 Å². The van der Waals surface area contributed by atoms with Crippen LogP contribution in [0.3, 0.4) is 0 Å². The van der Waals surface area contributed by atoms with E-state index in [1.807, 2.05) is 0 Å². The summed E-state index contributed by atoms with van der Waals surface area (Å²) in [4.78, 5) is -0.0210. The highest BCUT2D eigenvalue weighted by molar-refractivity contribution is 7.92. The van der Waals surface area contributed by atoms with Crippen LogP contribution in [-0.2, 0) is 16.6 Å². The van der Waals surface area contributed by atoms with Gasteiger partial charge in [-0.3, -0.25) is 4.72 Å². The van der Waals surface area contributed by atoms with E-state index >= 15 is 0 Å². The van der Waals surface area contributed by atoms with E-state index in [1.165, 1.54) is 30.3 Å². The molecule has 0 heterocycles. The van der Waals surface area contributed by atoms with Gasteiger partial charge < -0.3 is 5.73 Å². The number of aryl methyl sites for hydroxylation is 1. The Hall–Kier alpha value is -1.63. The monoisotopic (exact) mass is 328 g/mol. The number of anilines is 1. The van der Waals surface area contributed by atoms with Crippen molar-refractivity contribution in [2.24, 2.45) is 5.73 Å². The third-order valence-electron chi connectivity index (χ3n) is 2.92. The first-order valence-corrected chi connectivity index (χ1v) is 7.97. The molecule has 0 spiro atoms. The number of sulfonamides is 1. The molecule has 2 aromatic rings. The number of hydrogen-bond donors (Lipinski definition) is 2. The SMILES string of the molecule is Cc1ccc(NS(=O)(=O)c2ccc(Cl)c(CN)c2)c(F)c1. The molecule has 0 saturated carbocycles. The number of nitrogens with two attached hydrogens (primary N) is 1. The quantitative estimate of drug-likeness (QED) is 0.906. The van der Waals surface area contributed by atoms with Crippen LogP contribution in [0.25, 0.3) is 0 Å². The lowest BCUT2D eigenvalue weighted by atomic mass is 10.2. The maximum atomic E-state index is 13.7. The van der Waals surface area contributed by atoms with Gasteiger partial charge in [0.05, 0.1) is 10.6 Å². The maximum absolute atomic E-state index is 13.7. The van der Waals surface area contributed by atoms with Gasteiger partial charge in [-0.2, -0.15) is 0 Å². The number of hydrogen-bond acceptors (Lipinski definition) is 3. The topological polar surface area (TPSA) is 72.2 Å². The highest BCUT2D eigenvalue weighted by Crippen LogP contribution is 2.23. The molecule has 2 aromatic carbocycles. The minimum atomic E-state index is -3.90. The summed E-state index contributed by atoms with van der Waals surface area (Å²) in [5.41, 5.74) is 6.59. The molecule has 112 valence electrons. The molecule has 0 saturated heterocycles. The summed E-state index contributed by atoms with van der Waals surface area (Å²) in [6.45, 7) is 1.83. The lowest BCUT2D eigenvalue weighted by Crippen LogP contribution is -2.14. The Morgan fingerprint density at radius 1 is 1.24 bits per heavy atom. The fourth-order valence-electron chi connectivity index (χ4n) is 1.78. The summed E-state index contributed by atoms with van der Waals surface area (Å²) >= 11 is 5.89. The van der Waals surface area contributed by atoms with Crippen molar-refractivity contribution >= 4 is 27.3 Å². The van der Waals surface area contributed by atoms with Crippen LogP contribution in [0.15, 0.2) is 41.3 Å². The van der Waals surface area contributed by atoms with E-state index in [2.05, 4.69) is 4.72 Å². The largest absolute Gasteiger partial charge is 0.326 e. The third-order valence-corrected chi connectivity index (χ3v) is 4.65. The van der Waals surface area contributed by atoms with Crippen molar-refractivity contribution in [3.8, 4) is 0 Å². The van der Waals surface area contributed by atoms with E-state index < -0.39 is 15.8 Å². The van der Waals surface area contributed by atoms with Gasteiger partial charge in [-0.25, -0.2) is 12.8 Å². The predicted octanol–water partition coefficient (Wildman–Crippen LogP) is 3.05. The summed E-state index contributed by atoms with van der Waals surface area (Å²) in [6.07, 6.45) is 0. The molecule has 0 amide bonds. The van der Waals surface area contributed by atoms with Gasteiger partial charge in [0.15, 0.2) is 0 Å². The van der Waals surface area contributed by atoms with Crippen molar-refractivity contribution in [3.63, 3.8) is 0 Å². The van der Waals surface area contributed by atoms with Crippen LogP contribution in [0.5, 0.6) is 0 Å². The van der Waals surface area contributed by atoms with E-state index in [4.69, 9.17) is 17.3 Å². The van der Waals surface area contributed by atoms with Gasteiger partial charge in [-0.1, -0.05) is 17.7 Å². The Morgan fingerprint density at radius 3 is 2.57 bits per heavy atom. The molecule has 7 heteroatoms. The van der Waals surface area contributed by atoms with Crippen LogP contribution >= 0.6 is 11.6 Å². The van der Waals surface area contributed by atoms with Crippen LogP contribution in [-0.4, -0.2) is 8.42 Å². The fraction of sp³-hybridized carbons (Fsp3) is 0.143. The number of rotatable bonds is 4. The molecule has 21 heavy (non-hydrogen) atoms. The molecule has 3 N–H and O–H groups in total.